The number of hydrogen-bond acceptors (Lipinski definition) is 2. The first-order valence-electron chi connectivity index (χ1n) is 8.39. The monoisotopic (exact) mass is 356 g/mol. The smallest absolute Gasteiger partial charge is 0.236 e. The Morgan fingerprint density at radius 1 is 1.30 bits per heavy atom. The highest BCUT2D eigenvalue weighted by Crippen LogP contribution is 2.87. The number of hydrazone groups is 1. The zero-order valence-corrected chi connectivity index (χ0v) is 16.1. The van der Waals surface area contributed by atoms with E-state index in [1.165, 1.54) is 13.3 Å². The largest absolute Gasteiger partial charge is 0.274 e. The van der Waals surface area contributed by atoms with Gasteiger partial charge in [0.2, 0.25) is 5.91 Å². The van der Waals surface area contributed by atoms with Crippen LogP contribution in [0.4, 0.5) is 0 Å². The molecule has 1 amide bonds. The number of nitrogens with zero attached hydrogens (tertiary/aromatic N) is 1. The molecule has 2 fully saturated rings. The van der Waals surface area contributed by atoms with Crippen molar-refractivity contribution in [2.75, 3.05) is 0 Å². The van der Waals surface area contributed by atoms with Crippen molar-refractivity contribution in [3.8, 4) is 0 Å². The highest BCUT2D eigenvalue weighted by molar-refractivity contribution is 6.52. The van der Waals surface area contributed by atoms with Crippen molar-refractivity contribution in [3.63, 3.8) is 0 Å². The molecule has 0 aromatic rings. The summed E-state index contributed by atoms with van der Waals surface area (Å²) in [5.74, 6) is 0.168. The molecule has 3 aliphatic carbocycles. The second-order valence-corrected chi connectivity index (χ2v) is 9.78. The van der Waals surface area contributed by atoms with Crippen LogP contribution >= 0.6 is 23.2 Å². The topological polar surface area (TPSA) is 41.5 Å². The third kappa shape index (κ3) is 2.08. The highest BCUT2D eigenvalue weighted by atomic mass is 35.5. The maximum Gasteiger partial charge on any atom is 0.236 e. The Morgan fingerprint density at radius 2 is 1.96 bits per heavy atom. The molecule has 0 unspecified atom stereocenters. The summed E-state index contributed by atoms with van der Waals surface area (Å²) in [7, 11) is 0. The SMILES string of the molecule is CC(=O)N/N=C1\C[C@]23[C@H](C=C1C)C(C)(C)CCC[C@@]2(C)C3(Cl)Cl. The fourth-order valence-electron chi connectivity index (χ4n) is 5.24. The first-order valence-corrected chi connectivity index (χ1v) is 9.15. The fourth-order valence-corrected chi connectivity index (χ4v) is 6.45. The average molecular weight is 357 g/mol. The van der Waals surface area contributed by atoms with E-state index in [9.17, 15) is 4.79 Å². The van der Waals surface area contributed by atoms with Crippen LogP contribution in [0, 0.1) is 22.2 Å². The normalized spacial score (nSPS) is 42.1. The molecule has 1 spiro atoms. The molecule has 5 heteroatoms. The number of halogens is 2. The van der Waals surface area contributed by atoms with Crippen molar-refractivity contribution in [1.29, 1.82) is 0 Å². The van der Waals surface area contributed by atoms with E-state index in [1.807, 2.05) is 0 Å². The van der Waals surface area contributed by atoms with Gasteiger partial charge in [-0.3, -0.25) is 4.79 Å². The number of carbonyl (C=O) groups excluding carboxylic acids is 1. The summed E-state index contributed by atoms with van der Waals surface area (Å²) in [6.07, 6.45) is 6.41. The molecule has 0 radical (unpaired) electrons. The van der Waals surface area contributed by atoms with Gasteiger partial charge in [0.25, 0.3) is 0 Å². The summed E-state index contributed by atoms with van der Waals surface area (Å²) in [5.41, 5.74) is 4.47. The highest BCUT2D eigenvalue weighted by Gasteiger charge is 2.87. The van der Waals surface area contributed by atoms with Gasteiger partial charge in [-0.05, 0) is 36.7 Å². The summed E-state index contributed by atoms with van der Waals surface area (Å²) in [5, 5.41) is 4.33. The van der Waals surface area contributed by atoms with Gasteiger partial charge in [0.05, 0.1) is 5.71 Å². The first-order chi connectivity index (χ1) is 10.5. The fraction of sp³-hybridized carbons (Fsp3) is 0.778. The molecule has 3 nitrogen and oxygen atoms in total. The molecule has 0 aromatic carbocycles. The van der Waals surface area contributed by atoms with Crippen LogP contribution in [-0.2, 0) is 4.79 Å². The Bertz CT molecular complexity index is 623. The average Bonchev–Trinajstić information content (AvgIpc) is 2.82. The van der Waals surface area contributed by atoms with E-state index in [1.54, 1.807) is 0 Å². The van der Waals surface area contributed by atoms with E-state index in [0.717, 1.165) is 30.5 Å². The predicted molar refractivity (Wildman–Crippen MR) is 95.7 cm³/mol. The summed E-state index contributed by atoms with van der Waals surface area (Å²) >= 11 is 13.8. The second kappa shape index (κ2) is 4.98. The van der Waals surface area contributed by atoms with E-state index >= 15 is 0 Å². The van der Waals surface area contributed by atoms with Gasteiger partial charge in [0.15, 0.2) is 0 Å². The molecule has 1 N–H and O–H groups in total. The van der Waals surface area contributed by atoms with Gasteiger partial charge in [-0.25, -0.2) is 5.43 Å². The zero-order valence-electron chi connectivity index (χ0n) is 14.6. The number of carbonyl (C=O) groups is 1. The van der Waals surface area contributed by atoms with Crippen molar-refractivity contribution >= 4 is 34.8 Å². The molecule has 3 aliphatic rings. The van der Waals surface area contributed by atoms with E-state index in [2.05, 4.69) is 44.3 Å². The molecule has 0 aliphatic heterocycles. The third-order valence-electron chi connectivity index (χ3n) is 6.71. The van der Waals surface area contributed by atoms with Gasteiger partial charge in [0, 0.05) is 24.2 Å². The first kappa shape index (κ1) is 17.3. The Hall–Kier alpha value is -0.540. The van der Waals surface area contributed by atoms with Gasteiger partial charge >= 0.3 is 0 Å². The predicted octanol–water partition coefficient (Wildman–Crippen LogP) is 4.84. The van der Waals surface area contributed by atoms with Crippen LogP contribution in [0.15, 0.2) is 16.8 Å². The molecule has 3 rings (SSSR count). The number of nitrogens with one attached hydrogen (secondary N) is 1. The maximum absolute atomic E-state index is 11.2. The van der Waals surface area contributed by atoms with Crippen molar-refractivity contribution in [3.05, 3.63) is 11.6 Å². The summed E-state index contributed by atoms with van der Waals surface area (Å²) in [6, 6.07) is 0. The maximum atomic E-state index is 11.2. The van der Waals surface area contributed by atoms with Crippen molar-refractivity contribution in [1.82, 2.24) is 5.43 Å². The number of hydrogen-bond donors (Lipinski definition) is 1. The van der Waals surface area contributed by atoms with Gasteiger partial charge in [0.1, 0.15) is 4.33 Å². The second-order valence-electron chi connectivity index (χ2n) is 8.45. The Morgan fingerprint density at radius 3 is 2.57 bits per heavy atom. The molecular formula is C18H26Cl2N2O. The minimum atomic E-state index is -0.740. The van der Waals surface area contributed by atoms with Crippen LogP contribution < -0.4 is 5.43 Å². The molecule has 0 saturated heterocycles. The summed E-state index contributed by atoms with van der Waals surface area (Å²) in [4.78, 5) is 11.2. The zero-order chi connectivity index (χ0) is 17.3. The lowest BCUT2D eigenvalue weighted by Crippen LogP contribution is -2.39. The number of amides is 1. The van der Waals surface area contributed by atoms with E-state index in [0.29, 0.717) is 5.92 Å². The van der Waals surface area contributed by atoms with Crippen LogP contribution in [0.1, 0.15) is 60.3 Å². The van der Waals surface area contributed by atoms with E-state index < -0.39 is 4.33 Å². The standard InChI is InChI=1S/C18H26Cl2N2O/c1-11-9-14-15(3,4)7-6-8-16(5)17(14,18(16,19)20)10-13(11)22-21-12(2)23/h9,14H,6-8,10H2,1-5H3,(H,21,23)/b22-13+/t14-,16-,17+/m1/s1. The van der Waals surface area contributed by atoms with E-state index in [-0.39, 0.29) is 22.2 Å². The Kier molecular flexibility index (Phi) is 3.75. The molecule has 3 atom stereocenters. The number of rotatable bonds is 1. The van der Waals surface area contributed by atoms with Crippen LogP contribution in [0.3, 0.4) is 0 Å². The van der Waals surface area contributed by atoms with Crippen LogP contribution in [-0.4, -0.2) is 16.0 Å². The summed E-state index contributed by atoms with van der Waals surface area (Å²) < 4.78 is -0.740. The Labute approximate surface area is 148 Å². The minimum absolute atomic E-state index is 0.101. The van der Waals surface area contributed by atoms with Crippen molar-refractivity contribution in [2.24, 2.45) is 27.3 Å². The molecule has 0 heterocycles. The lowest BCUT2D eigenvalue weighted by Gasteiger charge is -2.42. The summed E-state index contributed by atoms with van der Waals surface area (Å²) in [6.45, 7) is 10.4. The molecule has 2 saturated carbocycles. The van der Waals surface area contributed by atoms with E-state index in [4.69, 9.17) is 23.2 Å². The van der Waals surface area contributed by atoms with Crippen LogP contribution in [0.5, 0.6) is 0 Å². The van der Waals surface area contributed by atoms with Crippen molar-refractivity contribution < 1.29 is 4.79 Å². The number of alkyl halides is 2. The van der Waals surface area contributed by atoms with Gasteiger partial charge < -0.3 is 0 Å². The minimum Gasteiger partial charge on any atom is -0.274 e. The Balaban J connectivity index is 2.11. The quantitative estimate of drug-likeness (QED) is 0.530. The van der Waals surface area contributed by atoms with Crippen LogP contribution in [0.2, 0.25) is 0 Å². The lowest BCUT2D eigenvalue weighted by atomic mass is 9.62. The van der Waals surface area contributed by atoms with Gasteiger partial charge in [-0.1, -0.05) is 33.3 Å². The number of allylic oxidation sites excluding steroid dienone is 2. The van der Waals surface area contributed by atoms with Gasteiger partial charge in [-0.2, -0.15) is 5.10 Å². The lowest BCUT2D eigenvalue weighted by molar-refractivity contribution is -0.118. The third-order valence-corrected chi connectivity index (χ3v) is 8.22. The van der Waals surface area contributed by atoms with Crippen LogP contribution in [0.25, 0.3) is 0 Å². The molecule has 128 valence electrons. The molecular weight excluding hydrogens is 331 g/mol. The molecule has 23 heavy (non-hydrogen) atoms. The van der Waals surface area contributed by atoms with Gasteiger partial charge in [-0.15, -0.1) is 23.2 Å². The molecule has 0 bridgehead atoms. The van der Waals surface area contributed by atoms with Crippen molar-refractivity contribution in [2.45, 2.75) is 64.6 Å². The molecule has 0 aromatic heterocycles.